The minimum absolute atomic E-state index is 0.0294. The average molecular weight is 390 g/mol. The van der Waals surface area contributed by atoms with Gasteiger partial charge in [0, 0.05) is 16.1 Å². The molecule has 1 N–H and O–H groups in total. The van der Waals surface area contributed by atoms with Gasteiger partial charge >= 0.3 is 0 Å². The molecule has 0 saturated heterocycles. The van der Waals surface area contributed by atoms with Gasteiger partial charge in [0.05, 0.1) is 15.6 Å². The highest BCUT2D eigenvalue weighted by atomic mass is 79.9. The second-order valence-corrected chi connectivity index (χ2v) is 5.73. The number of carbonyl (C=O) groups is 1. The lowest BCUT2D eigenvalue weighted by molar-refractivity contribution is -0.384. The van der Waals surface area contributed by atoms with Crippen LogP contribution in [0.2, 0.25) is 10.0 Å². The van der Waals surface area contributed by atoms with Gasteiger partial charge in [0.25, 0.3) is 11.6 Å². The Balaban J connectivity index is 2.28. The van der Waals surface area contributed by atoms with Crippen molar-refractivity contribution in [2.45, 2.75) is 0 Å². The fourth-order valence-corrected chi connectivity index (χ4v) is 2.49. The monoisotopic (exact) mass is 388 g/mol. The summed E-state index contributed by atoms with van der Waals surface area (Å²) in [6.07, 6.45) is 0. The van der Waals surface area contributed by atoms with E-state index in [0.717, 1.165) is 10.5 Å². The summed E-state index contributed by atoms with van der Waals surface area (Å²) in [5.74, 6) is -0.515. The number of nitro benzene ring substituents is 1. The Morgan fingerprint density at radius 3 is 2.48 bits per heavy atom. The van der Waals surface area contributed by atoms with Crippen LogP contribution in [0, 0.1) is 10.1 Å². The zero-order valence-electron chi connectivity index (χ0n) is 10.3. The third kappa shape index (κ3) is 3.72. The van der Waals surface area contributed by atoms with E-state index in [9.17, 15) is 14.9 Å². The van der Waals surface area contributed by atoms with Crippen molar-refractivity contribution in [3.05, 3.63) is 66.6 Å². The zero-order valence-corrected chi connectivity index (χ0v) is 13.4. The summed E-state index contributed by atoms with van der Waals surface area (Å²) in [6.45, 7) is 0. The first-order valence-electron chi connectivity index (χ1n) is 5.59. The number of benzene rings is 2. The number of anilines is 1. The van der Waals surface area contributed by atoms with Gasteiger partial charge in [-0.25, -0.2) is 0 Å². The fourth-order valence-electron chi connectivity index (χ4n) is 1.58. The molecule has 21 heavy (non-hydrogen) atoms. The Bertz CT molecular complexity index is 737. The number of halogens is 3. The van der Waals surface area contributed by atoms with Gasteiger partial charge in [-0.15, -0.1) is 0 Å². The van der Waals surface area contributed by atoms with Crippen molar-refractivity contribution < 1.29 is 9.72 Å². The van der Waals surface area contributed by atoms with Crippen LogP contribution in [0.5, 0.6) is 0 Å². The van der Waals surface area contributed by atoms with Crippen LogP contribution in [-0.4, -0.2) is 10.8 Å². The molecule has 2 aromatic carbocycles. The number of nitro groups is 1. The molecule has 0 radical (unpaired) electrons. The molecule has 0 heterocycles. The molecule has 0 aliphatic rings. The molecule has 0 atom stereocenters. The molecule has 2 aromatic rings. The van der Waals surface area contributed by atoms with E-state index < -0.39 is 10.8 Å². The largest absolute Gasteiger partial charge is 0.321 e. The molecule has 0 unspecified atom stereocenters. The molecule has 0 fully saturated rings. The van der Waals surface area contributed by atoms with Gasteiger partial charge in [0.2, 0.25) is 0 Å². The van der Waals surface area contributed by atoms with Crippen molar-refractivity contribution in [2.24, 2.45) is 0 Å². The predicted octanol–water partition coefficient (Wildman–Crippen LogP) is 4.92. The normalized spacial score (nSPS) is 10.2. The van der Waals surface area contributed by atoms with Gasteiger partial charge in [0.1, 0.15) is 5.02 Å². The van der Waals surface area contributed by atoms with Crippen molar-refractivity contribution in [1.29, 1.82) is 0 Å². The molecule has 0 bridgehead atoms. The van der Waals surface area contributed by atoms with E-state index in [-0.39, 0.29) is 16.3 Å². The highest BCUT2D eigenvalue weighted by molar-refractivity contribution is 9.10. The summed E-state index contributed by atoms with van der Waals surface area (Å²) >= 11 is 14.9. The number of nitrogens with one attached hydrogen (secondary N) is 1. The minimum atomic E-state index is -0.647. The number of carbonyl (C=O) groups excluding carboxylic acids is 1. The quantitative estimate of drug-likeness (QED) is 0.598. The van der Waals surface area contributed by atoms with Gasteiger partial charge in [-0.05, 0) is 30.3 Å². The maximum atomic E-state index is 12.1. The van der Waals surface area contributed by atoms with Gasteiger partial charge < -0.3 is 5.32 Å². The number of hydrogen-bond donors (Lipinski definition) is 1. The lowest BCUT2D eigenvalue weighted by atomic mass is 10.2. The topological polar surface area (TPSA) is 72.2 Å². The molecule has 0 aromatic heterocycles. The van der Waals surface area contributed by atoms with Crippen molar-refractivity contribution in [3.63, 3.8) is 0 Å². The molecule has 108 valence electrons. The minimum Gasteiger partial charge on any atom is -0.321 e. The standard InChI is InChI=1S/C13H7BrCl2N2O3/c14-8-2-4-11(10(16)6-8)17-13(19)7-1-3-9(15)12(5-7)18(20)21/h1-6H,(H,17,19). The number of nitrogens with zero attached hydrogens (tertiary/aromatic N) is 1. The molecule has 0 aliphatic carbocycles. The molecule has 2 rings (SSSR count). The average Bonchev–Trinajstić information content (AvgIpc) is 2.42. The SMILES string of the molecule is O=C(Nc1ccc(Br)cc1Cl)c1ccc(Cl)c([N+](=O)[O-])c1. The fraction of sp³-hybridized carbons (Fsp3) is 0. The van der Waals surface area contributed by atoms with E-state index >= 15 is 0 Å². The number of rotatable bonds is 3. The highest BCUT2D eigenvalue weighted by Gasteiger charge is 2.17. The van der Waals surface area contributed by atoms with E-state index in [4.69, 9.17) is 23.2 Å². The third-order valence-electron chi connectivity index (χ3n) is 2.58. The molecule has 5 nitrogen and oxygen atoms in total. The smallest absolute Gasteiger partial charge is 0.288 e. The maximum absolute atomic E-state index is 12.1. The van der Waals surface area contributed by atoms with E-state index in [2.05, 4.69) is 21.2 Å². The van der Waals surface area contributed by atoms with Crippen molar-refractivity contribution in [1.82, 2.24) is 0 Å². The van der Waals surface area contributed by atoms with Crippen molar-refractivity contribution >= 4 is 56.4 Å². The van der Waals surface area contributed by atoms with E-state index in [0.29, 0.717) is 10.7 Å². The Labute approximate surface area is 138 Å². The van der Waals surface area contributed by atoms with Crippen LogP contribution < -0.4 is 5.32 Å². The van der Waals surface area contributed by atoms with Gasteiger partial charge in [-0.2, -0.15) is 0 Å². The van der Waals surface area contributed by atoms with Crippen LogP contribution in [-0.2, 0) is 0 Å². The second-order valence-electron chi connectivity index (χ2n) is 4.00. The molecule has 0 aliphatic heterocycles. The summed E-state index contributed by atoms with van der Waals surface area (Å²) in [5, 5.41) is 13.7. The van der Waals surface area contributed by atoms with Crippen molar-refractivity contribution in [3.8, 4) is 0 Å². The van der Waals surface area contributed by atoms with Crippen molar-refractivity contribution in [2.75, 3.05) is 5.32 Å². The lowest BCUT2D eigenvalue weighted by Gasteiger charge is -2.08. The van der Waals surface area contributed by atoms with Crippen LogP contribution in [0.15, 0.2) is 40.9 Å². The van der Waals surface area contributed by atoms with Gasteiger partial charge in [-0.3, -0.25) is 14.9 Å². The second kappa shape index (κ2) is 6.43. The van der Waals surface area contributed by atoms with Gasteiger partial charge in [0.15, 0.2) is 0 Å². The molecule has 0 spiro atoms. The Morgan fingerprint density at radius 2 is 1.86 bits per heavy atom. The van der Waals surface area contributed by atoms with Crippen LogP contribution in [0.1, 0.15) is 10.4 Å². The number of amides is 1. The highest BCUT2D eigenvalue weighted by Crippen LogP contribution is 2.28. The Kier molecular flexibility index (Phi) is 4.82. The Morgan fingerprint density at radius 1 is 1.14 bits per heavy atom. The van der Waals surface area contributed by atoms with Gasteiger partial charge in [-0.1, -0.05) is 39.1 Å². The summed E-state index contributed by atoms with van der Waals surface area (Å²) in [5.41, 5.74) is 0.193. The first-order valence-corrected chi connectivity index (χ1v) is 7.13. The molecule has 8 heteroatoms. The maximum Gasteiger partial charge on any atom is 0.288 e. The first-order chi connectivity index (χ1) is 9.88. The molecular formula is C13H7BrCl2N2O3. The third-order valence-corrected chi connectivity index (χ3v) is 3.71. The Hall–Kier alpha value is -1.63. The summed E-state index contributed by atoms with van der Waals surface area (Å²) in [7, 11) is 0. The van der Waals surface area contributed by atoms with Crippen LogP contribution in [0.3, 0.4) is 0 Å². The summed E-state index contributed by atoms with van der Waals surface area (Å²) < 4.78 is 0.771. The summed E-state index contributed by atoms with van der Waals surface area (Å²) in [6, 6.07) is 8.78. The molecular weight excluding hydrogens is 383 g/mol. The molecule has 0 saturated carbocycles. The van der Waals surface area contributed by atoms with Crippen LogP contribution >= 0.6 is 39.1 Å². The van der Waals surface area contributed by atoms with E-state index in [1.165, 1.54) is 12.1 Å². The van der Waals surface area contributed by atoms with Crippen LogP contribution in [0.25, 0.3) is 0 Å². The lowest BCUT2D eigenvalue weighted by Crippen LogP contribution is -2.12. The zero-order chi connectivity index (χ0) is 15.6. The van der Waals surface area contributed by atoms with E-state index in [1.54, 1.807) is 18.2 Å². The molecule has 1 amide bonds. The first kappa shape index (κ1) is 15.8. The van der Waals surface area contributed by atoms with Crippen LogP contribution in [0.4, 0.5) is 11.4 Å². The number of hydrogen-bond acceptors (Lipinski definition) is 3. The predicted molar refractivity (Wildman–Crippen MR) is 85.2 cm³/mol. The summed E-state index contributed by atoms with van der Waals surface area (Å²) in [4.78, 5) is 22.3. The van der Waals surface area contributed by atoms with E-state index in [1.807, 2.05) is 0 Å².